The van der Waals surface area contributed by atoms with Gasteiger partial charge in [-0.3, -0.25) is 8.97 Å². The van der Waals surface area contributed by atoms with Crippen LogP contribution in [0.5, 0.6) is 0 Å². The zero-order chi connectivity index (χ0) is 35.3. The van der Waals surface area contributed by atoms with Gasteiger partial charge in [0.2, 0.25) is 0 Å². The van der Waals surface area contributed by atoms with E-state index in [2.05, 4.69) is 218 Å². The molecule has 0 N–H and O–H groups in total. The summed E-state index contributed by atoms with van der Waals surface area (Å²) in [4.78, 5) is 0. The Morgan fingerprint density at radius 1 is 0.481 bits per heavy atom. The van der Waals surface area contributed by atoms with Crippen LogP contribution in [0.3, 0.4) is 0 Å². The normalized spacial score (nSPS) is 15.2. The molecule has 0 saturated carbocycles. The predicted molar refractivity (Wildman–Crippen MR) is 217 cm³/mol. The van der Waals surface area contributed by atoms with Crippen LogP contribution >= 0.6 is 0 Å². The predicted octanol–water partition coefficient (Wildman–Crippen LogP) is 9.43. The maximum Gasteiger partial charge on any atom is 0.700 e. The molecule has 0 spiro atoms. The Hall–Kier alpha value is -6.13. The number of hydrogen-bond acceptors (Lipinski definition) is 0. The number of hydrogen-bond donors (Lipinski definition) is 0. The van der Waals surface area contributed by atoms with Gasteiger partial charge in [-0.25, -0.2) is 0 Å². The van der Waals surface area contributed by atoms with E-state index in [1.807, 2.05) is 0 Å². The molecule has 0 atom stereocenters. The molecule has 6 aromatic rings. The molecule has 10 rings (SSSR count). The molecular formula is C46H38B2N4+2. The van der Waals surface area contributed by atoms with Crippen molar-refractivity contribution >= 4 is 44.2 Å². The van der Waals surface area contributed by atoms with Crippen LogP contribution in [0, 0.1) is 13.8 Å². The summed E-state index contributed by atoms with van der Waals surface area (Å²) in [6.07, 6.45) is 9.19. The van der Waals surface area contributed by atoms with E-state index in [1.165, 1.54) is 90.1 Å². The Labute approximate surface area is 307 Å². The highest BCUT2D eigenvalue weighted by Crippen LogP contribution is 2.40. The second-order valence-corrected chi connectivity index (χ2v) is 13.8. The zero-order valence-electron chi connectivity index (χ0n) is 30.0. The van der Waals surface area contributed by atoms with Gasteiger partial charge in [-0.2, -0.15) is 0 Å². The number of nitrogens with zero attached hydrogens (tertiary/aromatic N) is 4. The molecule has 4 nitrogen and oxygen atoms in total. The van der Waals surface area contributed by atoms with Gasteiger partial charge in [0.15, 0.2) is 22.8 Å². The summed E-state index contributed by atoms with van der Waals surface area (Å²) in [5, 5.41) is 0. The van der Waals surface area contributed by atoms with E-state index < -0.39 is 0 Å². The summed E-state index contributed by atoms with van der Waals surface area (Å²) in [6.45, 7) is 8.64. The molecule has 4 aromatic carbocycles. The molecule has 0 unspecified atom stereocenters. The second-order valence-electron chi connectivity index (χ2n) is 13.8. The second kappa shape index (κ2) is 12.9. The van der Waals surface area contributed by atoms with Crippen LogP contribution in [0.4, 0.5) is 0 Å². The van der Waals surface area contributed by atoms with Gasteiger partial charge >= 0.3 is 15.1 Å². The quantitative estimate of drug-likeness (QED) is 0.167. The van der Waals surface area contributed by atoms with Crippen LogP contribution in [-0.4, -0.2) is 44.5 Å². The lowest BCUT2D eigenvalue weighted by molar-refractivity contribution is -0.314. The van der Waals surface area contributed by atoms with Gasteiger partial charge in [0.25, 0.3) is 0 Å². The lowest BCUT2D eigenvalue weighted by Gasteiger charge is -2.16. The molecule has 0 aliphatic carbocycles. The summed E-state index contributed by atoms with van der Waals surface area (Å²) in [6, 6.07) is 47.2. The smallest absolute Gasteiger partial charge is 0.323 e. The van der Waals surface area contributed by atoms with E-state index >= 15 is 0 Å². The number of aromatic nitrogens is 2. The highest BCUT2D eigenvalue weighted by atomic mass is 15.1. The maximum atomic E-state index is 2.35. The standard InChI is InChI=1S/C33H23BN2.C13H15BN2/c1-5-13-24(14-6-1)28-21-30(26-17-9-3-10-18-26)35-32(28)23-33-29(25-15-7-2-8-16-25)22-31(36(33)34-35)27-19-11-4-12-20-27;1-8-5-10(3)15-12(8)7-13-9(2)6-11(4)16(13)14-15/h1-23H;5-7H,1-4H3/q2*+1. The molecule has 2 aromatic heterocycles. The fourth-order valence-corrected chi connectivity index (χ4v) is 7.82. The molecule has 4 aliphatic heterocycles. The van der Waals surface area contributed by atoms with Gasteiger partial charge in [0.05, 0.1) is 5.57 Å². The van der Waals surface area contributed by atoms with Gasteiger partial charge in [-0.1, -0.05) is 109 Å². The van der Waals surface area contributed by atoms with Crippen LogP contribution in [0.25, 0.3) is 40.1 Å². The van der Waals surface area contributed by atoms with E-state index in [0.717, 1.165) is 0 Å². The topological polar surface area (TPSA) is 15.9 Å². The van der Waals surface area contributed by atoms with Crippen molar-refractivity contribution in [2.45, 2.75) is 27.7 Å². The Balaban J connectivity index is 0.000000187. The lowest BCUT2D eigenvalue weighted by Crippen LogP contribution is -2.30. The Bertz CT molecular complexity index is 2560. The number of rotatable bonds is 4. The maximum absolute atomic E-state index is 2.35. The van der Waals surface area contributed by atoms with E-state index in [-0.39, 0.29) is 0 Å². The van der Waals surface area contributed by atoms with Crippen molar-refractivity contribution < 1.29 is 8.97 Å². The zero-order valence-corrected chi connectivity index (χ0v) is 30.0. The van der Waals surface area contributed by atoms with Gasteiger partial charge in [0.1, 0.15) is 0 Å². The van der Waals surface area contributed by atoms with Crippen molar-refractivity contribution in [1.29, 1.82) is 0 Å². The van der Waals surface area contributed by atoms with Crippen molar-refractivity contribution in [3.8, 4) is 22.4 Å². The number of fused-ring (bicyclic) bond motifs is 4. The summed E-state index contributed by atoms with van der Waals surface area (Å²) in [5.41, 5.74) is 20.0. The van der Waals surface area contributed by atoms with Crippen LogP contribution < -0.4 is 0 Å². The third-order valence-corrected chi connectivity index (χ3v) is 10.4. The molecule has 6 heterocycles. The van der Waals surface area contributed by atoms with E-state index in [0.29, 0.717) is 0 Å². The third-order valence-electron chi connectivity index (χ3n) is 10.4. The monoisotopic (exact) mass is 668 g/mol. The number of allylic oxidation sites excluding steroid dienone is 4. The first kappa shape index (κ1) is 31.8. The third kappa shape index (κ3) is 5.43. The minimum atomic E-state index is 1.18. The molecule has 0 saturated heterocycles. The molecular weight excluding hydrogens is 630 g/mol. The number of aryl methyl sites for hydroxylation is 2. The molecule has 2 radical (unpaired) electrons. The average Bonchev–Trinajstić information content (AvgIpc) is 3.92. The van der Waals surface area contributed by atoms with Crippen LogP contribution in [0.2, 0.25) is 0 Å². The van der Waals surface area contributed by atoms with E-state index in [4.69, 9.17) is 0 Å². The average molecular weight is 668 g/mol. The highest BCUT2D eigenvalue weighted by Gasteiger charge is 2.40. The Kier molecular flexibility index (Phi) is 7.88. The summed E-state index contributed by atoms with van der Waals surface area (Å²) < 4.78 is 9.20. The van der Waals surface area contributed by atoms with Gasteiger partial charge < -0.3 is 8.96 Å². The van der Waals surface area contributed by atoms with Crippen LogP contribution in [-0.2, 0) is 0 Å². The van der Waals surface area contributed by atoms with Crippen molar-refractivity contribution in [3.63, 3.8) is 0 Å². The summed E-state index contributed by atoms with van der Waals surface area (Å²) >= 11 is 0. The van der Waals surface area contributed by atoms with Gasteiger partial charge in [-0.05, 0) is 67.3 Å². The molecule has 4 aliphatic rings. The SMILES string of the molecule is CC1=CC(C)=[N+]2[B]n3c(C)cc(C)c3C=C12.[B]1n2c(-c3ccccc3)cc(-c3ccccc3)c2C=C2C(c3ccccc3)=CC(c3ccccc3)=[N+]12. The first-order chi connectivity index (χ1) is 25.4. The van der Waals surface area contributed by atoms with E-state index in [1.54, 1.807) is 0 Å². The Morgan fingerprint density at radius 3 is 1.69 bits per heavy atom. The summed E-state index contributed by atoms with van der Waals surface area (Å²) in [5.74, 6) is 0. The molecule has 0 bridgehead atoms. The molecule has 52 heavy (non-hydrogen) atoms. The minimum absolute atomic E-state index is 1.18. The van der Waals surface area contributed by atoms with Gasteiger partial charge in [-0.15, -0.1) is 0 Å². The molecule has 0 fully saturated rings. The van der Waals surface area contributed by atoms with Crippen molar-refractivity contribution in [3.05, 3.63) is 196 Å². The Morgan fingerprint density at radius 2 is 1.04 bits per heavy atom. The first-order valence-electron chi connectivity index (χ1n) is 17.9. The van der Waals surface area contributed by atoms with Crippen molar-refractivity contribution in [1.82, 2.24) is 8.96 Å². The fourth-order valence-electron chi connectivity index (χ4n) is 7.82. The fraction of sp³-hybridized carbons (Fsp3) is 0.0870. The van der Waals surface area contributed by atoms with Gasteiger partial charge in [0, 0.05) is 70.7 Å². The largest absolute Gasteiger partial charge is 0.700 e. The minimum Gasteiger partial charge on any atom is -0.323 e. The highest BCUT2D eigenvalue weighted by molar-refractivity contribution is 6.33. The molecule has 246 valence electrons. The lowest BCUT2D eigenvalue weighted by atomic mass is 9.95. The van der Waals surface area contributed by atoms with Crippen molar-refractivity contribution in [2.24, 2.45) is 0 Å². The van der Waals surface area contributed by atoms with Crippen LogP contribution in [0.1, 0.15) is 47.6 Å². The summed E-state index contributed by atoms with van der Waals surface area (Å²) in [7, 11) is 4.45. The molecule has 6 heteroatoms. The number of benzene rings is 4. The molecule has 0 amide bonds. The first-order valence-corrected chi connectivity index (χ1v) is 17.9. The van der Waals surface area contributed by atoms with Crippen molar-refractivity contribution in [2.75, 3.05) is 0 Å². The van der Waals surface area contributed by atoms with E-state index in [9.17, 15) is 0 Å². The van der Waals surface area contributed by atoms with Crippen LogP contribution in [0.15, 0.2) is 163 Å².